The zero-order chi connectivity index (χ0) is 15.3. The Labute approximate surface area is 120 Å². The highest BCUT2D eigenvalue weighted by Gasteiger charge is 2.22. The van der Waals surface area contributed by atoms with Crippen LogP contribution in [-0.2, 0) is 4.79 Å². The Morgan fingerprint density at radius 3 is 2.60 bits per heavy atom. The molecule has 1 aromatic rings. The molecule has 0 aliphatic rings. The Hall–Kier alpha value is -1.96. The number of nitrogens with zero attached hydrogens (tertiary/aromatic N) is 2. The molecule has 0 saturated carbocycles. The summed E-state index contributed by atoms with van der Waals surface area (Å²) >= 11 is 0.903. The second kappa shape index (κ2) is 6.99. The number of hydrogen-bond donors (Lipinski definition) is 1. The molecule has 8 heteroatoms. The van der Waals surface area contributed by atoms with Crippen molar-refractivity contribution < 1.29 is 19.6 Å². The van der Waals surface area contributed by atoms with Crippen LogP contribution in [0.1, 0.15) is 37.0 Å². The summed E-state index contributed by atoms with van der Waals surface area (Å²) in [5.74, 6) is -1.22. The molecule has 0 radical (unpaired) electrons. The maximum absolute atomic E-state index is 12.3. The zero-order valence-electron chi connectivity index (χ0n) is 11.2. The second-order valence-corrected chi connectivity index (χ2v) is 5.41. The quantitative estimate of drug-likeness (QED) is 0.615. The maximum Gasteiger partial charge on any atom is 0.324 e. The molecular formula is C12H16N2O5S. The van der Waals surface area contributed by atoms with Crippen molar-refractivity contribution in [1.82, 2.24) is 4.90 Å². The fraction of sp³-hybridized carbons (Fsp3) is 0.500. The van der Waals surface area contributed by atoms with Crippen LogP contribution in [0.4, 0.5) is 5.00 Å². The molecule has 0 saturated heterocycles. The number of hydrogen-bond acceptors (Lipinski definition) is 5. The summed E-state index contributed by atoms with van der Waals surface area (Å²) in [4.78, 5) is 34.4. The van der Waals surface area contributed by atoms with Crippen molar-refractivity contribution in [2.24, 2.45) is 0 Å². The van der Waals surface area contributed by atoms with Crippen molar-refractivity contribution in [3.05, 3.63) is 27.1 Å². The molecule has 0 unspecified atom stereocenters. The number of carboxylic acid groups (broad SMARTS) is 1. The molecule has 0 aromatic carbocycles. The van der Waals surface area contributed by atoms with Crippen LogP contribution in [0, 0.1) is 10.1 Å². The molecular weight excluding hydrogens is 284 g/mol. The predicted molar refractivity (Wildman–Crippen MR) is 74.0 cm³/mol. The lowest BCUT2D eigenvalue weighted by Crippen LogP contribution is -2.37. The van der Waals surface area contributed by atoms with Gasteiger partial charge in [0.05, 0.1) is 10.5 Å². The van der Waals surface area contributed by atoms with Gasteiger partial charge in [0.2, 0.25) is 0 Å². The van der Waals surface area contributed by atoms with Gasteiger partial charge in [-0.25, -0.2) is 0 Å². The SMILES string of the molecule is CC(C)N(CCCC(=O)O)C(=O)c1csc([N+](=O)[O-])c1. The zero-order valence-corrected chi connectivity index (χ0v) is 12.1. The third-order valence-electron chi connectivity index (χ3n) is 2.69. The lowest BCUT2D eigenvalue weighted by atomic mass is 10.2. The minimum atomic E-state index is -0.910. The van der Waals surface area contributed by atoms with E-state index in [1.165, 1.54) is 16.3 Å². The third-order valence-corrected chi connectivity index (χ3v) is 3.57. The molecule has 1 rings (SSSR count). The molecule has 1 aromatic heterocycles. The van der Waals surface area contributed by atoms with E-state index in [0.29, 0.717) is 13.0 Å². The van der Waals surface area contributed by atoms with Gasteiger partial charge in [0.1, 0.15) is 0 Å². The minimum absolute atomic E-state index is 0.0136. The number of thiophene rings is 1. The third kappa shape index (κ3) is 4.30. The molecule has 7 nitrogen and oxygen atoms in total. The van der Waals surface area contributed by atoms with Crippen LogP contribution in [0.5, 0.6) is 0 Å². The van der Waals surface area contributed by atoms with Crippen LogP contribution in [0.3, 0.4) is 0 Å². The largest absolute Gasteiger partial charge is 0.481 e. The van der Waals surface area contributed by atoms with E-state index in [1.54, 1.807) is 0 Å². The number of aliphatic carboxylic acids is 1. The van der Waals surface area contributed by atoms with Gasteiger partial charge < -0.3 is 10.0 Å². The van der Waals surface area contributed by atoms with Gasteiger partial charge in [-0.1, -0.05) is 11.3 Å². The average molecular weight is 300 g/mol. The van der Waals surface area contributed by atoms with E-state index in [9.17, 15) is 19.7 Å². The van der Waals surface area contributed by atoms with Gasteiger partial charge in [0.25, 0.3) is 5.91 Å². The summed E-state index contributed by atoms with van der Waals surface area (Å²) in [5.41, 5.74) is 0.269. The summed E-state index contributed by atoms with van der Waals surface area (Å²) in [6.07, 6.45) is 0.339. The van der Waals surface area contributed by atoms with Crippen molar-refractivity contribution in [3.63, 3.8) is 0 Å². The lowest BCUT2D eigenvalue weighted by molar-refractivity contribution is -0.380. The Balaban J connectivity index is 2.77. The topological polar surface area (TPSA) is 101 Å². The lowest BCUT2D eigenvalue weighted by Gasteiger charge is -2.26. The van der Waals surface area contributed by atoms with E-state index in [-0.39, 0.29) is 28.9 Å². The monoisotopic (exact) mass is 300 g/mol. The van der Waals surface area contributed by atoms with Crippen molar-refractivity contribution in [3.8, 4) is 0 Å². The maximum atomic E-state index is 12.3. The van der Waals surface area contributed by atoms with Gasteiger partial charge in [-0.2, -0.15) is 0 Å². The van der Waals surface area contributed by atoms with Crippen LogP contribution in [0.15, 0.2) is 11.4 Å². The predicted octanol–water partition coefficient (Wildman–Crippen LogP) is 2.37. The molecule has 0 aliphatic heterocycles. The van der Waals surface area contributed by atoms with Crippen LogP contribution in [0.25, 0.3) is 0 Å². The van der Waals surface area contributed by atoms with E-state index in [0.717, 1.165) is 11.3 Å². The smallest absolute Gasteiger partial charge is 0.324 e. The summed E-state index contributed by atoms with van der Waals surface area (Å²) < 4.78 is 0. The van der Waals surface area contributed by atoms with Crippen LogP contribution in [0.2, 0.25) is 0 Å². The van der Waals surface area contributed by atoms with Crippen molar-refractivity contribution in [2.45, 2.75) is 32.7 Å². The first-order valence-corrected chi connectivity index (χ1v) is 6.96. The molecule has 1 amide bonds. The highest BCUT2D eigenvalue weighted by atomic mass is 32.1. The molecule has 110 valence electrons. The number of carbonyl (C=O) groups excluding carboxylic acids is 1. The Morgan fingerprint density at radius 1 is 1.50 bits per heavy atom. The highest BCUT2D eigenvalue weighted by Crippen LogP contribution is 2.24. The van der Waals surface area contributed by atoms with Crippen LogP contribution in [-0.4, -0.2) is 39.4 Å². The second-order valence-electron chi connectivity index (χ2n) is 4.52. The molecule has 0 bridgehead atoms. The van der Waals surface area contributed by atoms with E-state index < -0.39 is 10.9 Å². The number of carboxylic acids is 1. The summed E-state index contributed by atoms with van der Waals surface area (Å²) in [6.45, 7) is 3.95. The van der Waals surface area contributed by atoms with Crippen molar-refractivity contribution in [1.29, 1.82) is 0 Å². The number of amides is 1. The summed E-state index contributed by atoms with van der Waals surface area (Å²) in [7, 11) is 0. The first-order chi connectivity index (χ1) is 9.32. The van der Waals surface area contributed by atoms with Gasteiger partial charge in [0.15, 0.2) is 0 Å². The number of rotatable bonds is 7. The fourth-order valence-electron chi connectivity index (χ4n) is 1.69. The average Bonchev–Trinajstić information content (AvgIpc) is 2.82. The molecule has 0 atom stereocenters. The highest BCUT2D eigenvalue weighted by molar-refractivity contribution is 7.13. The van der Waals surface area contributed by atoms with Gasteiger partial charge in [0, 0.05) is 30.5 Å². The Kier molecular flexibility index (Phi) is 5.63. The van der Waals surface area contributed by atoms with Crippen molar-refractivity contribution >= 4 is 28.2 Å². The van der Waals surface area contributed by atoms with Crippen molar-refractivity contribution in [2.75, 3.05) is 6.54 Å². The summed E-state index contributed by atoms with van der Waals surface area (Å²) in [5, 5.41) is 20.6. The van der Waals surface area contributed by atoms with Gasteiger partial charge in [-0.05, 0) is 20.3 Å². The van der Waals surface area contributed by atoms with E-state index >= 15 is 0 Å². The fourth-order valence-corrected chi connectivity index (χ4v) is 2.39. The van der Waals surface area contributed by atoms with Crippen LogP contribution >= 0.6 is 11.3 Å². The molecule has 0 spiro atoms. The summed E-state index contributed by atoms with van der Waals surface area (Å²) in [6, 6.07) is 1.15. The van der Waals surface area contributed by atoms with E-state index in [4.69, 9.17) is 5.11 Å². The standard InChI is InChI=1S/C12H16N2O5S/c1-8(2)13(5-3-4-11(15)16)12(17)9-6-10(14(18)19)20-7-9/h6-8H,3-5H2,1-2H3,(H,15,16). The Bertz CT molecular complexity index is 512. The van der Waals surface area contributed by atoms with Gasteiger partial charge >= 0.3 is 11.0 Å². The van der Waals surface area contributed by atoms with Crippen LogP contribution < -0.4 is 0 Å². The van der Waals surface area contributed by atoms with Gasteiger partial charge in [-0.3, -0.25) is 19.7 Å². The normalized spacial score (nSPS) is 10.6. The minimum Gasteiger partial charge on any atom is -0.481 e. The molecule has 0 fully saturated rings. The number of nitro groups is 1. The van der Waals surface area contributed by atoms with E-state index in [1.807, 2.05) is 13.8 Å². The Morgan fingerprint density at radius 2 is 2.15 bits per heavy atom. The molecule has 20 heavy (non-hydrogen) atoms. The molecule has 1 N–H and O–H groups in total. The molecule has 0 aliphatic carbocycles. The first kappa shape index (κ1) is 16.1. The molecule has 1 heterocycles. The van der Waals surface area contributed by atoms with Gasteiger partial charge in [-0.15, -0.1) is 0 Å². The number of carbonyl (C=O) groups is 2. The van der Waals surface area contributed by atoms with E-state index in [2.05, 4.69) is 0 Å². The first-order valence-electron chi connectivity index (χ1n) is 6.08.